The van der Waals surface area contributed by atoms with E-state index in [1.54, 1.807) is 24.3 Å². The van der Waals surface area contributed by atoms with Crippen molar-refractivity contribution < 1.29 is 9.21 Å². The van der Waals surface area contributed by atoms with Gasteiger partial charge >= 0.3 is 0 Å². The van der Waals surface area contributed by atoms with E-state index in [-0.39, 0.29) is 11.3 Å². The number of hydrogen-bond acceptors (Lipinski definition) is 4. The van der Waals surface area contributed by atoms with Crippen LogP contribution in [0.1, 0.15) is 47.7 Å². The van der Waals surface area contributed by atoms with Gasteiger partial charge in [0, 0.05) is 42.8 Å². The van der Waals surface area contributed by atoms with Gasteiger partial charge in [0.25, 0.3) is 0 Å². The SMILES string of the molecule is O=C(/C=C/c1coc2ccccc2c1=O)N1CCc2[nH]nc(C3CCC3)c2C1. The molecule has 142 valence electrons. The van der Waals surface area contributed by atoms with Crippen molar-refractivity contribution in [1.29, 1.82) is 0 Å². The topological polar surface area (TPSA) is 79.2 Å². The van der Waals surface area contributed by atoms with Gasteiger partial charge in [0.05, 0.1) is 16.6 Å². The second-order valence-electron chi connectivity index (χ2n) is 7.55. The number of aromatic nitrogens is 2. The molecule has 2 aliphatic rings. The summed E-state index contributed by atoms with van der Waals surface area (Å²) in [6.07, 6.45) is 8.84. The Morgan fingerprint density at radius 3 is 2.96 bits per heavy atom. The number of benzene rings is 1. The number of amides is 1. The zero-order chi connectivity index (χ0) is 19.1. The van der Waals surface area contributed by atoms with Crippen LogP contribution in [0.4, 0.5) is 0 Å². The van der Waals surface area contributed by atoms with Gasteiger partial charge in [-0.2, -0.15) is 5.10 Å². The van der Waals surface area contributed by atoms with Crippen molar-refractivity contribution in [2.75, 3.05) is 6.54 Å². The van der Waals surface area contributed by atoms with E-state index in [9.17, 15) is 9.59 Å². The molecule has 1 aliphatic carbocycles. The maximum absolute atomic E-state index is 12.7. The molecule has 3 aromatic rings. The standard InChI is InChI=1S/C22H21N3O3/c26-20(9-8-15-13-28-19-7-2-1-6-16(19)22(15)27)25-11-10-18-17(12-25)21(24-23-18)14-4-3-5-14/h1-2,6-9,13-14H,3-5,10-12H2,(H,23,24)/b9-8+. The summed E-state index contributed by atoms with van der Waals surface area (Å²) < 4.78 is 5.51. The number of aromatic amines is 1. The van der Waals surface area contributed by atoms with E-state index in [0.29, 0.717) is 35.5 Å². The Bertz CT molecular complexity index is 1140. The molecule has 0 spiro atoms. The van der Waals surface area contributed by atoms with Crippen molar-refractivity contribution in [2.45, 2.75) is 38.1 Å². The van der Waals surface area contributed by atoms with Crippen molar-refractivity contribution in [1.82, 2.24) is 15.1 Å². The first kappa shape index (κ1) is 17.0. The monoisotopic (exact) mass is 375 g/mol. The minimum atomic E-state index is -0.131. The lowest BCUT2D eigenvalue weighted by atomic mass is 9.81. The maximum Gasteiger partial charge on any atom is 0.246 e. The molecule has 28 heavy (non-hydrogen) atoms. The molecule has 1 aromatic carbocycles. The van der Waals surface area contributed by atoms with E-state index >= 15 is 0 Å². The summed E-state index contributed by atoms with van der Waals surface area (Å²) in [4.78, 5) is 27.1. The van der Waals surface area contributed by atoms with E-state index in [1.165, 1.54) is 37.2 Å². The molecule has 1 aliphatic heterocycles. The second kappa shape index (κ2) is 6.78. The molecule has 0 radical (unpaired) electrons. The number of hydrogen-bond donors (Lipinski definition) is 1. The van der Waals surface area contributed by atoms with Crippen LogP contribution in [0.5, 0.6) is 0 Å². The molecule has 0 saturated heterocycles. The number of carbonyl (C=O) groups excluding carboxylic acids is 1. The van der Waals surface area contributed by atoms with Crippen LogP contribution in [-0.2, 0) is 17.8 Å². The molecule has 1 amide bonds. The predicted molar refractivity (Wildman–Crippen MR) is 106 cm³/mol. The van der Waals surface area contributed by atoms with Gasteiger partial charge in [0.15, 0.2) is 5.43 Å². The first-order valence-electron chi connectivity index (χ1n) is 9.74. The Morgan fingerprint density at radius 2 is 2.14 bits per heavy atom. The lowest BCUT2D eigenvalue weighted by molar-refractivity contribution is -0.126. The van der Waals surface area contributed by atoms with Crippen molar-refractivity contribution in [2.24, 2.45) is 0 Å². The summed E-state index contributed by atoms with van der Waals surface area (Å²) in [6.45, 7) is 1.22. The van der Waals surface area contributed by atoms with Gasteiger partial charge in [-0.05, 0) is 31.1 Å². The molecule has 0 bridgehead atoms. The van der Waals surface area contributed by atoms with Gasteiger partial charge in [0.1, 0.15) is 11.8 Å². The van der Waals surface area contributed by atoms with E-state index in [0.717, 1.165) is 17.8 Å². The Balaban J connectivity index is 1.36. The number of H-pyrrole nitrogens is 1. The van der Waals surface area contributed by atoms with Gasteiger partial charge in [-0.15, -0.1) is 0 Å². The number of rotatable bonds is 3. The number of carbonyl (C=O) groups is 1. The summed E-state index contributed by atoms with van der Waals surface area (Å²) >= 11 is 0. The van der Waals surface area contributed by atoms with Gasteiger partial charge in [0.2, 0.25) is 5.91 Å². The van der Waals surface area contributed by atoms with Crippen molar-refractivity contribution in [3.63, 3.8) is 0 Å². The van der Waals surface area contributed by atoms with Gasteiger partial charge in [-0.1, -0.05) is 18.6 Å². The van der Waals surface area contributed by atoms with Crippen LogP contribution in [0.15, 0.2) is 45.8 Å². The van der Waals surface area contributed by atoms with E-state index < -0.39 is 0 Å². The highest BCUT2D eigenvalue weighted by molar-refractivity contribution is 5.92. The molecule has 5 rings (SSSR count). The van der Waals surface area contributed by atoms with E-state index in [4.69, 9.17) is 4.42 Å². The maximum atomic E-state index is 12.7. The van der Waals surface area contributed by atoms with Crippen LogP contribution >= 0.6 is 0 Å². The fourth-order valence-electron chi connectivity index (χ4n) is 4.00. The molecule has 2 aromatic heterocycles. The lowest BCUT2D eigenvalue weighted by Crippen LogP contribution is -2.35. The molecule has 0 unspecified atom stereocenters. The van der Waals surface area contributed by atoms with Crippen molar-refractivity contribution in [3.8, 4) is 0 Å². The number of nitrogens with one attached hydrogen (secondary N) is 1. The van der Waals surface area contributed by atoms with Crippen molar-refractivity contribution in [3.05, 3.63) is 69.3 Å². The highest BCUT2D eigenvalue weighted by Crippen LogP contribution is 2.38. The molecular formula is C22H21N3O3. The number of nitrogens with zero attached hydrogens (tertiary/aromatic N) is 2. The first-order chi connectivity index (χ1) is 13.7. The van der Waals surface area contributed by atoms with Crippen LogP contribution in [0.25, 0.3) is 17.0 Å². The molecule has 1 saturated carbocycles. The molecular weight excluding hydrogens is 354 g/mol. The van der Waals surface area contributed by atoms with Crippen LogP contribution in [0.2, 0.25) is 0 Å². The lowest BCUT2D eigenvalue weighted by Gasteiger charge is -2.29. The summed E-state index contributed by atoms with van der Waals surface area (Å²) in [5, 5.41) is 8.19. The quantitative estimate of drug-likeness (QED) is 0.712. The normalized spacial score (nSPS) is 17.1. The summed E-state index contributed by atoms with van der Waals surface area (Å²) in [7, 11) is 0. The smallest absolute Gasteiger partial charge is 0.246 e. The molecule has 1 N–H and O–H groups in total. The zero-order valence-electron chi connectivity index (χ0n) is 15.5. The van der Waals surface area contributed by atoms with Gasteiger partial charge < -0.3 is 9.32 Å². The zero-order valence-corrected chi connectivity index (χ0v) is 15.5. The Labute approximate surface area is 161 Å². The third-order valence-corrected chi connectivity index (χ3v) is 5.88. The summed E-state index contributed by atoms with van der Waals surface area (Å²) in [5.74, 6) is 0.437. The second-order valence-corrected chi connectivity index (χ2v) is 7.55. The highest BCUT2D eigenvalue weighted by Gasteiger charge is 2.30. The minimum absolute atomic E-state index is 0.0982. The largest absolute Gasteiger partial charge is 0.463 e. The van der Waals surface area contributed by atoms with E-state index in [2.05, 4.69) is 10.2 Å². The number of fused-ring (bicyclic) bond motifs is 2. The molecule has 0 atom stereocenters. The van der Waals surface area contributed by atoms with E-state index in [1.807, 2.05) is 11.0 Å². The van der Waals surface area contributed by atoms with Crippen LogP contribution in [0.3, 0.4) is 0 Å². The predicted octanol–water partition coefficient (Wildman–Crippen LogP) is 3.38. The summed E-state index contributed by atoms with van der Waals surface area (Å²) in [6, 6.07) is 7.11. The van der Waals surface area contributed by atoms with Crippen molar-refractivity contribution >= 4 is 23.0 Å². The minimum Gasteiger partial charge on any atom is -0.463 e. The van der Waals surface area contributed by atoms with Crippen LogP contribution < -0.4 is 5.43 Å². The third-order valence-electron chi connectivity index (χ3n) is 5.88. The van der Waals surface area contributed by atoms with Gasteiger partial charge in [-0.25, -0.2) is 0 Å². The third kappa shape index (κ3) is 2.85. The molecule has 1 fully saturated rings. The molecule has 6 nitrogen and oxygen atoms in total. The Kier molecular flexibility index (Phi) is 4.11. The number of para-hydroxylation sites is 1. The van der Waals surface area contributed by atoms with Crippen LogP contribution in [-0.4, -0.2) is 27.5 Å². The summed E-state index contributed by atoms with van der Waals surface area (Å²) in [5.41, 5.74) is 4.27. The van der Waals surface area contributed by atoms with Crippen LogP contribution in [0, 0.1) is 0 Å². The average molecular weight is 375 g/mol. The fourth-order valence-corrected chi connectivity index (χ4v) is 4.00. The Morgan fingerprint density at radius 1 is 1.29 bits per heavy atom. The average Bonchev–Trinajstić information content (AvgIpc) is 3.09. The molecule has 6 heteroatoms. The van der Waals surface area contributed by atoms with Gasteiger partial charge in [-0.3, -0.25) is 14.7 Å². The highest BCUT2D eigenvalue weighted by atomic mass is 16.3. The first-order valence-corrected chi connectivity index (χ1v) is 9.74. The Hall–Kier alpha value is -3.15. The molecule has 3 heterocycles. The fraction of sp³-hybridized carbons (Fsp3) is 0.318.